The standard InChI is InChI=1S/C28H21ClF4N10O2/c1-45-15-20-7-9-36-40(20)14-24(41-12-19(11-37-41)17-6-8-34-25(10-17)28(31,32)33)22-4-2-18(13-43(22)44)26-23(42-16-35-38-39-42)5-3-21(29)27(26)30/h2-13,16,24H,14-15H2,1H3. The summed E-state index contributed by atoms with van der Waals surface area (Å²) in [6.07, 6.45) is 3.40. The summed E-state index contributed by atoms with van der Waals surface area (Å²) in [5, 5.41) is 33.3. The molecule has 0 aliphatic carbocycles. The zero-order valence-corrected chi connectivity index (χ0v) is 23.9. The zero-order valence-electron chi connectivity index (χ0n) is 23.2. The number of hydrogen-bond acceptors (Lipinski definition) is 8. The maximum absolute atomic E-state index is 15.4. The molecule has 0 radical (unpaired) electrons. The summed E-state index contributed by atoms with van der Waals surface area (Å²) in [6, 6.07) is 9.21. The fraction of sp³-hybridized carbons (Fsp3) is 0.179. The molecule has 0 aliphatic rings. The van der Waals surface area contributed by atoms with Gasteiger partial charge in [0.05, 0.1) is 46.9 Å². The van der Waals surface area contributed by atoms with Gasteiger partial charge in [0.15, 0.2) is 18.1 Å². The van der Waals surface area contributed by atoms with Crippen molar-refractivity contribution < 1.29 is 27.0 Å². The van der Waals surface area contributed by atoms with E-state index in [0.717, 1.165) is 12.3 Å². The molecule has 0 saturated carbocycles. The first-order valence-corrected chi connectivity index (χ1v) is 13.5. The van der Waals surface area contributed by atoms with E-state index in [0.29, 0.717) is 16.0 Å². The fourth-order valence-corrected chi connectivity index (χ4v) is 5.03. The van der Waals surface area contributed by atoms with Crippen molar-refractivity contribution in [3.8, 4) is 27.9 Å². The lowest BCUT2D eigenvalue weighted by molar-refractivity contribution is -0.615. The van der Waals surface area contributed by atoms with E-state index in [1.165, 1.54) is 65.7 Å². The molecule has 1 aromatic carbocycles. The first kappa shape index (κ1) is 29.8. The Morgan fingerprint density at radius 2 is 1.89 bits per heavy atom. The third-order valence-corrected chi connectivity index (χ3v) is 7.28. The second kappa shape index (κ2) is 12.0. The van der Waals surface area contributed by atoms with Crippen LogP contribution in [0.25, 0.3) is 27.9 Å². The number of methoxy groups -OCH3 is 1. The van der Waals surface area contributed by atoms with Gasteiger partial charge in [0.25, 0.3) is 0 Å². The number of tetrazole rings is 1. The molecular weight excluding hydrogens is 620 g/mol. The van der Waals surface area contributed by atoms with Gasteiger partial charge in [-0.15, -0.1) is 5.10 Å². The largest absolute Gasteiger partial charge is 0.618 e. The van der Waals surface area contributed by atoms with E-state index in [1.807, 2.05) is 0 Å². The quantitative estimate of drug-likeness (QED) is 0.127. The number of rotatable bonds is 9. The van der Waals surface area contributed by atoms with Crippen molar-refractivity contribution in [2.45, 2.75) is 25.4 Å². The number of alkyl halides is 3. The Kier molecular flexibility index (Phi) is 7.99. The smallest absolute Gasteiger partial charge is 0.433 e. The summed E-state index contributed by atoms with van der Waals surface area (Å²) in [5.41, 5.74) is 0.882. The van der Waals surface area contributed by atoms with Gasteiger partial charge in [-0.25, -0.2) is 4.39 Å². The number of pyridine rings is 2. The lowest BCUT2D eigenvalue weighted by Gasteiger charge is -2.19. The van der Waals surface area contributed by atoms with Crippen molar-refractivity contribution in [3.05, 3.63) is 113 Å². The van der Waals surface area contributed by atoms with Gasteiger partial charge in [-0.1, -0.05) is 11.6 Å². The molecule has 5 heterocycles. The molecule has 1 unspecified atom stereocenters. The molecule has 6 rings (SSSR count). The first-order chi connectivity index (χ1) is 21.6. The van der Waals surface area contributed by atoms with Crippen LogP contribution in [0.5, 0.6) is 0 Å². The van der Waals surface area contributed by atoms with Crippen LogP contribution in [-0.2, 0) is 24.1 Å². The van der Waals surface area contributed by atoms with E-state index in [1.54, 1.807) is 23.0 Å². The predicted molar refractivity (Wildman–Crippen MR) is 150 cm³/mol. The molecule has 45 heavy (non-hydrogen) atoms. The first-order valence-electron chi connectivity index (χ1n) is 13.2. The topological polar surface area (TPSA) is 128 Å². The molecule has 12 nitrogen and oxygen atoms in total. The molecule has 0 N–H and O–H groups in total. The lowest BCUT2D eigenvalue weighted by Crippen LogP contribution is -2.37. The fourth-order valence-electron chi connectivity index (χ4n) is 4.87. The monoisotopic (exact) mass is 640 g/mol. The van der Waals surface area contributed by atoms with Crippen LogP contribution < -0.4 is 4.73 Å². The average molecular weight is 641 g/mol. The lowest BCUT2D eigenvalue weighted by atomic mass is 10.0. The second-order valence-corrected chi connectivity index (χ2v) is 10.2. The highest BCUT2D eigenvalue weighted by molar-refractivity contribution is 6.31. The Morgan fingerprint density at radius 1 is 1.04 bits per heavy atom. The van der Waals surface area contributed by atoms with Crippen LogP contribution in [0, 0.1) is 11.0 Å². The van der Waals surface area contributed by atoms with E-state index < -0.39 is 23.7 Å². The van der Waals surface area contributed by atoms with Crippen LogP contribution in [0.1, 0.15) is 23.1 Å². The molecule has 0 aliphatic heterocycles. The van der Waals surface area contributed by atoms with Gasteiger partial charge in [0, 0.05) is 37.3 Å². The summed E-state index contributed by atoms with van der Waals surface area (Å²) in [5.74, 6) is -0.776. The van der Waals surface area contributed by atoms with E-state index in [9.17, 15) is 18.4 Å². The minimum absolute atomic E-state index is 0.00325. The van der Waals surface area contributed by atoms with Gasteiger partial charge in [0.2, 0.25) is 5.69 Å². The molecule has 0 fully saturated rings. The minimum atomic E-state index is -4.63. The van der Waals surface area contributed by atoms with Crippen LogP contribution in [0.2, 0.25) is 5.02 Å². The Labute approximate surface area is 256 Å². The number of benzene rings is 1. The van der Waals surface area contributed by atoms with Crippen molar-refractivity contribution in [1.82, 2.24) is 44.8 Å². The highest BCUT2D eigenvalue weighted by atomic mass is 35.5. The Bertz CT molecular complexity index is 1960. The van der Waals surface area contributed by atoms with Gasteiger partial charge in [-0.05, 0) is 52.4 Å². The summed E-state index contributed by atoms with van der Waals surface area (Å²) >= 11 is 6.09. The van der Waals surface area contributed by atoms with E-state index in [-0.39, 0.29) is 46.2 Å². The van der Waals surface area contributed by atoms with E-state index in [4.69, 9.17) is 16.3 Å². The van der Waals surface area contributed by atoms with Crippen molar-refractivity contribution in [2.24, 2.45) is 0 Å². The van der Waals surface area contributed by atoms with E-state index in [2.05, 4.69) is 30.7 Å². The third-order valence-electron chi connectivity index (χ3n) is 6.99. The second-order valence-electron chi connectivity index (χ2n) is 9.77. The number of aromatic nitrogens is 10. The third kappa shape index (κ3) is 5.97. The molecular formula is C28H21ClF4N10O2. The summed E-state index contributed by atoms with van der Waals surface area (Å²) in [4.78, 5) is 3.41. The predicted octanol–water partition coefficient (Wildman–Crippen LogP) is 4.67. The van der Waals surface area contributed by atoms with Crippen molar-refractivity contribution in [1.29, 1.82) is 0 Å². The minimum Gasteiger partial charge on any atom is -0.618 e. The highest BCUT2D eigenvalue weighted by Gasteiger charge is 2.33. The zero-order chi connectivity index (χ0) is 31.7. The molecule has 0 saturated heterocycles. The van der Waals surface area contributed by atoms with Crippen molar-refractivity contribution in [2.75, 3.05) is 7.11 Å². The van der Waals surface area contributed by atoms with Crippen LogP contribution in [0.3, 0.4) is 0 Å². The summed E-state index contributed by atoms with van der Waals surface area (Å²) in [6.45, 7) is 0.332. The molecule has 5 aromatic heterocycles. The summed E-state index contributed by atoms with van der Waals surface area (Å²) in [7, 11) is 1.53. The molecule has 0 spiro atoms. The normalized spacial score (nSPS) is 12.5. The van der Waals surface area contributed by atoms with Crippen molar-refractivity contribution in [3.63, 3.8) is 0 Å². The van der Waals surface area contributed by atoms with Crippen molar-refractivity contribution >= 4 is 11.6 Å². The molecule has 1 atom stereocenters. The molecule has 17 heteroatoms. The van der Waals surface area contributed by atoms with Gasteiger partial charge >= 0.3 is 6.18 Å². The maximum Gasteiger partial charge on any atom is 0.433 e. The molecule has 6 aromatic rings. The molecule has 0 bridgehead atoms. The highest BCUT2D eigenvalue weighted by Crippen LogP contribution is 2.34. The Balaban J connectivity index is 1.43. The van der Waals surface area contributed by atoms with Crippen LogP contribution in [0.4, 0.5) is 17.6 Å². The number of hydrogen-bond donors (Lipinski definition) is 0. The Hall–Kier alpha value is -5.22. The van der Waals surface area contributed by atoms with Gasteiger partial charge in [-0.3, -0.25) is 14.3 Å². The number of halogens is 5. The maximum atomic E-state index is 15.4. The van der Waals surface area contributed by atoms with E-state index >= 15 is 4.39 Å². The van der Waals surface area contributed by atoms with Gasteiger partial charge in [-0.2, -0.15) is 32.8 Å². The Morgan fingerprint density at radius 3 is 2.62 bits per heavy atom. The van der Waals surface area contributed by atoms with Crippen LogP contribution in [-0.4, -0.2) is 51.9 Å². The van der Waals surface area contributed by atoms with Crippen LogP contribution >= 0.6 is 11.6 Å². The van der Waals surface area contributed by atoms with Gasteiger partial charge in [0.1, 0.15) is 12.0 Å². The average Bonchev–Trinajstić information content (AvgIpc) is 3.81. The molecule has 0 amide bonds. The van der Waals surface area contributed by atoms with Gasteiger partial charge < -0.3 is 9.94 Å². The van der Waals surface area contributed by atoms with Crippen LogP contribution in [0.15, 0.2) is 79.8 Å². The number of ether oxygens (including phenoxy) is 1. The summed E-state index contributed by atoms with van der Waals surface area (Å²) < 4.78 is 65.5. The number of nitrogens with zero attached hydrogens (tertiary/aromatic N) is 10. The SMILES string of the molecule is COCc1ccnn1CC(c1ccc(-c2c(-n3cnnn3)ccc(Cl)c2F)c[n+]1[O-])n1cc(-c2ccnc(C(F)(F)F)c2)cn1. The molecule has 230 valence electrons.